The lowest BCUT2D eigenvalue weighted by atomic mass is 10.1. The number of carbonyl (C=O) groups excluding carboxylic acids is 1. The van der Waals surface area contributed by atoms with E-state index in [1.165, 1.54) is 28.4 Å². The lowest BCUT2D eigenvalue weighted by molar-refractivity contribution is -0.116. The predicted octanol–water partition coefficient (Wildman–Crippen LogP) is 4.09. The molecule has 0 N–H and O–H groups in total. The largest absolute Gasteiger partial charge is 0.309 e. The number of rotatable bonds is 8. The molecular formula is C22H28ClN3O3S2. The van der Waals surface area contributed by atoms with Crippen molar-refractivity contribution in [2.75, 3.05) is 37.8 Å². The number of thiazole rings is 1. The Balaban J connectivity index is 0.00000341. The Bertz CT molecular complexity index is 1110. The minimum absolute atomic E-state index is 0. The van der Waals surface area contributed by atoms with Crippen molar-refractivity contribution in [2.24, 2.45) is 0 Å². The van der Waals surface area contributed by atoms with Gasteiger partial charge in [0.25, 0.3) is 0 Å². The van der Waals surface area contributed by atoms with Crippen molar-refractivity contribution in [3.05, 3.63) is 53.6 Å². The van der Waals surface area contributed by atoms with E-state index in [0.717, 1.165) is 34.3 Å². The number of carbonyl (C=O) groups is 1. The van der Waals surface area contributed by atoms with Crippen LogP contribution in [0.15, 0.2) is 47.4 Å². The van der Waals surface area contributed by atoms with E-state index in [-0.39, 0.29) is 17.3 Å². The summed E-state index contributed by atoms with van der Waals surface area (Å²) in [5.74, 6) is -1.03. The third-order valence-electron chi connectivity index (χ3n) is 4.87. The summed E-state index contributed by atoms with van der Waals surface area (Å²) in [6.45, 7) is 5.21. The highest BCUT2D eigenvalue weighted by Crippen LogP contribution is 2.33. The maximum Gasteiger partial charge on any atom is 0.244 e. The Morgan fingerprint density at radius 2 is 1.65 bits per heavy atom. The summed E-state index contributed by atoms with van der Waals surface area (Å²) in [6, 6.07) is 12.2. The Kier molecular flexibility index (Phi) is 8.59. The van der Waals surface area contributed by atoms with Gasteiger partial charge in [-0.05, 0) is 64.2 Å². The van der Waals surface area contributed by atoms with Crippen molar-refractivity contribution < 1.29 is 13.2 Å². The molecule has 6 nitrogen and oxygen atoms in total. The van der Waals surface area contributed by atoms with Crippen molar-refractivity contribution >= 4 is 54.8 Å². The number of nitrogens with zero attached hydrogens (tertiary/aromatic N) is 3. The van der Waals surface area contributed by atoms with Gasteiger partial charge in [0, 0.05) is 6.54 Å². The van der Waals surface area contributed by atoms with Gasteiger partial charge in [-0.25, -0.2) is 13.4 Å². The van der Waals surface area contributed by atoms with Gasteiger partial charge >= 0.3 is 0 Å². The first kappa shape index (κ1) is 25.3. The SMILES string of the molecule is Cc1ccc(C)c2sc(N(CCCN(C)C)C(=O)CS(=O)(=O)c3ccccc3)nc12.Cl. The van der Waals surface area contributed by atoms with Crippen LogP contribution in [0.2, 0.25) is 0 Å². The Morgan fingerprint density at radius 3 is 2.26 bits per heavy atom. The highest BCUT2D eigenvalue weighted by molar-refractivity contribution is 7.92. The fraction of sp³-hybridized carbons (Fsp3) is 0.364. The van der Waals surface area contributed by atoms with Gasteiger partial charge in [-0.15, -0.1) is 12.4 Å². The van der Waals surface area contributed by atoms with Gasteiger partial charge in [0.05, 0.1) is 15.1 Å². The van der Waals surface area contributed by atoms with Crippen molar-refractivity contribution in [2.45, 2.75) is 25.2 Å². The van der Waals surface area contributed by atoms with Gasteiger partial charge in [-0.1, -0.05) is 41.7 Å². The molecule has 0 radical (unpaired) electrons. The fourth-order valence-electron chi connectivity index (χ4n) is 3.19. The summed E-state index contributed by atoms with van der Waals surface area (Å²) >= 11 is 1.44. The van der Waals surface area contributed by atoms with Gasteiger partial charge in [-0.3, -0.25) is 9.69 Å². The molecule has 1 amide bonds. The number of anilines is 1. The monoisotopic (exact) mass is 481 g/mol. The molecule has 9 heteroatoms. The average Bonchev–Trinajstić information content (AvgIpc) is 3.14. The summed E-state index contributed by atoms with van der Waals surface area (Å²) in [5, 5.41) is 0.550. The van der Waals surface area contributed by atoms with E-state index in [1.54, 1.807) is 18.2 Å². The van der Waals surface area contributed by atoms with Gasteiger partial charge in [-0.2, -0.15) is 0 Å². The predicted molar refractivity (Wildman–Crippen MR) is 130 cm³/mol. The van der Waals surface area contributed by atoms with Crippen LogP contribution in [-0.4, -0.2) is 57.1 Å². The quantitative estimate of drug-likeness (QED) is 0.484. The molecule has 0 aliphatic rings. The second-order valence-electron chi connectivity index (χ2n) is 7.65. The fourth-order valence-corrected chi connectivity index (χ4v) is 5.56. The molecule has 0 saturated heterocycles. The van der Waals surface area contributed by atoms with Crippen molar-refractivity contribution in [1.29, 1.82) is 0 Å². The number of fused-ring (bicyclic) bond motifs is 1. The van der Waals surface area contributed by atoms with Gasteiger partial charge < -0.3 is 4.90 Å². The Hall–Kier alpha value is -2.00. The first-order valence-corrected chi connectivity index (χ1v) is 12.3. The summed E-state index contributed by atoms with van der Waals surface area (Å²) < 4.78 is 26.6. The molecule has 3 aromatic rings. The van der Waals surface area contributed by atoms with E-state index in [4.69, 9.17) is 4.98 Å². The van der Waals surface area contributed by atoms with Gasteiger partial charge in [0.15, 0.2) is 15.0 Å². The molecule has 3 rings (SSSR count). The van der Waals surface area contributed by atoms with Crippen LogP contribution >= 0.6 is 23.7 Å². The van der Waals surface area contributed by atoms with E-state index >= 15 is 0 Å². The molecule has 0 saturated carbocycles. The van der Waals surface area contributed by atoms with Crippen LogP contribution < -0.4 is 4.90 Å². The third kappa shape index (κ3) is 6.04. The lowest BCUT2D eigenvalue weighted by Gasteiger charge is -2.21. The molecular weight excluding hydrogens is 454 g/mol. The third-order valence-corrected chi connectivity index (χ3v) is 7.70. The zero-order valence-corrected chi connectivity index (χ0v) is 20.6. The molecule has 0 aliphatic heterocycles. The van der Waals surface area contributed by atoms with E-state index in [2.05, 4.69) is 0 Å². The van der Waals surface area contributed by atoms with E-state index < -0.39 is 21.5 Å². The molecule has 0 unspecified atom stereocenters. The minimum Gasteiger partial charge on any atom is -0.309 e. The van der Waals surface area contributed by atoms with Crippen LogP contribution in [-0.2, 0) is 14.6 Å². The normalized spacial score (nSPS) is 11.5. The zero-order chi connectivity index (χ0) is 21.9. The van der Waals surface area contributed by atoms with Gasteiger partial charge in [0.1, 0.15) is 5.75 Å². The van der Waals surface area contributed by atoms with Crippen LogP contribution in [0.3, 0.4) is 0 Å². The van der Waals surface area contributed by atoms with E-state index in [1.807, 2.05) is 45.0 Å². The van der Waals surface area contributed by atoms with E-state index in [0.29, 0.717) is 11.7 Å². The number of benzene rings is 2. The molecule has 0 aliphatic carbocycles. The number of sulfone groups is 1. The maximum atomic E-state index is 13.2. The van der Waals surface area contributed by atoms with Crippen LogP contribution in [0, 0.1) is 13.8 Å². The molecule has 31 heavy (non-hydrogen) atoms. The van der Waals surface area contributed by atoms with E-state index in [9.17, 15) is 13.2 Å². The van der Waals surface area contributed by atoms with Crippen molar-refractivity contribution in [3.8, 4) is 0 Å². The number of hydrogen-bond acceptors (Lipinski definition) is 6. The number of aryl methyl sites for hydroxylation is 2. The standard InChI is InChI=1S/C22H27N3O3S2.ClH/c1-16-11-12-17(2)21-20(16)23-22(29-21)25(14-8-13-24(3)4)19(26)15-30(27,28)18-9-6-5-7-10-18;/h5-7,9-12H,8,13-15H2,1-4H3;1H. The molecule has 0 fully saturated rings. The summed E-state index contributed by atoms with van der Waals surface area (Å²) in [4.78, 5) is 21.6. The van der Waals surface area contributed by atoms with Crippen LogP contribution in [0.25, 0.3) is 10.2 Å². The van der Waals surface area contributed by atoms with Crippen LogP contribution in [0.1, 0.15) is 17.5 Å². The van der Waals surface area contributed by atoms with Crippen molar-refractivity contribution in [3.63, 3.8) is 0 Å². The number of aromatic nitrogens is 1. The zero-order valence-electron chi connectivity index (χ0n) is 18.2. The smallest absolute Gasteiger partial charge is 0.244 e. The second kappa shape index (κ2) is 10.5. The summed E-state index contributed by atoms with van der Waals surface area (Å²) in [7, 11) is 0.212. The molecule has 1 heterocycles. The second-order valence-corrected chi connectivity index (χ2v) is 10.6. The molecule has 168 valence electrons. The topological polar surface area (TPSA) is 70.6 Å². The number of halogens is 1. The Morgan fingerprint density at radius 1 is 1.00 bits per heavy atom. The van der Waals surface area contributed by atoms with Crippen LogP contribution in [0.5, 0.6) is 0 Å². The molecule has 0 spiro atoms. The first-order valence-electron chi connectivity index (χ1n) is 9.78. The molecule has 1 aromatic heterocycles. The first-order chi connectivity index (χ1) is 14.2. The maximum absolute atomic E-state index is 13.2. The molecule has 0 bridgehead atoms. The summed E-state index contributed by atoms with van der Waals surface area (Å²) in [6.07, 6.45) is 0.720. The van der Waals surface area contributed by atoms with Crippen LogP contribution in [0.4, 0.5) is 5.13 Å². The highest BCUT2D eigenvalue weighted by Gasteiger charge is 2.26. The van der Waals surface area contributed by atoms with Crippen molar-refractivity contribution in [1.82, 2.24) is 9.88 Å². The minimum atomic E-state index is -3.73. The molecule has 2 aromatic carbocycles. The summed E-state index contributed by atoms with van der Waals surface area (Å²) in [5.41, 5.74) is 3.00. The lowest BCUT2D eigenvalue weighted by Crippen LogP contribution is -2.37. The number of hydrogen-bond donors (Lipinski definition) is 0. The number of amides is 1. The average molecular weight is 482 g/mol. The molecule has 0 atom stereocenters. The van der Waals surface area contributed by atoms with Gasteiger partial charge in [0.2, 0.25) is 5.91 Å². The highest BCUT2D eigenvalue weighted by atomic mass is 35.5. The Labute approximate surface area is 194 Å².